The normalized spacial score (nSPS) is 13.3. The van der Waals surface area contributed by atoms with Gasteiger partial charge in [0, 0.05) is 6.07 Å². The van der Waals surface area contributed by atoms with Gasteiger partial charge in [0.25, 0.3) is 5.69 Å². The summed E-state index contributed by atoms with van der Waals surface area (Å²) in [6.45, 7) is 1.28. The average molecular weight is 327 g/mol. The molecule has 0 bridgehead atoms. The van der Waals surface area contributed by atoms with E-state index in [-0.39, 0.29) is 18.3 Å². The van der Waals surface area contributed by atoms with Crippen LogP contribution in [0.1, 0.15) is 11.1 Å². The van der Waals surface area contributed by atoms with Crippen LogP contribution < -0.4 is 10.2 Å². The highest BCUT2D eigenvalue weighted by Crippen LogP contribution is 2.31. The van der Waals surface area contributed by atoms with Crippen LogP contribution >= 0.6 is 0 Å². The first-order chi connectivity index (χ1) is 11.7. The Kier molecular flexibility index (Phi) is 4.72. The number of carbonyl (C=O) groups excluding carboxylic acids is 1. The lowest BCUT2D eigenvalue weighted by Gasteiger charge is -2.29. The maximum atomic E-state index is 12.1. The summed E-state index contributed by atoms with van der Waals surface area (Å²) < 4.78 is 5.61. The summed E-state index contributed by atoms with van der Waals surface area (Å²) in [6.07, 6.45) is 0. The molecule has 3 rings (SSSR count). The van der Waals surface area contributed by atoms with Crippen molar-refractivity contribution in [2.24, 2.45) is 0 Å². The predicted octanol–water partition coefficient (Wildman–Crippen LogP) is 2.84. The van der Waals surface area contributed by atoms with Crippen molar-refractivity contribution in [2.75, 3.05) is 18.1 Å². The topological polar surface area (TPSA) is 84.7 Å². The molecule has 1 aliphatic heterocycles. The first-order valence-corrected chi connectivity index (χ1v) is 7.60. The Morgan fingerprint density at radius 2 is 1.96 bits per heavy atom. The summed E-state index contributed by atoms with van der Waals surface area (Å²) in [5.74, 6) is 0. The zero-order valence-electron chi connectivity index (χ0n) is 13.0. The van der Waals surface area contributed by atoms with E-state index in [9.17, 15) is 14.9 Å². The predicted molar refractivity (Wildman–Crippen MR) is 88.8 cm³/mol. The monoisotopic (exact) mass is 327 g/mol. The number of nitro groups is 1. The van der Waals surface area contributed by atoms with E-state index >= 15 is 0 Å². The summed E-state index contributed by atoms with van der Waals surface area (Å²) in [4.78, 5) is 24.3. The van der Waals surface area contributed by atoms with Crippen LogP contribution in [0, 0.1) is 10.1 Å². The number of carbonyl (C=O) groups is 1. The summed E-state index contributed by atoms with van der Waals surface area (Å²) in [7, 11) is 0. The maximum absolute atomic E-state index is 12.1. The van der Waals surface area contributed by atoms with Crippen LogP contribution in [0.3, 0.4) is 0 Å². The molecular formula is C17H17N3O4. The molecule has 0 fully saturated rings. The lowest BCUT2D eigenvalue weighted by atomic mass is 10.1. The molecule has 0 saturated carbocycles. The van der Waals surface area contributed by atoms with Crippen molar-refractivity contribution >= 4 is 17.4 Å². The Morgan fingerprint density at radius 3 is 2.71 bits per heavy atom. The molecule has 124 valence electrons. The van der Waals surface area contributed by atoms with Crippen LogP contribution in [0.5, 0.6) is 0 Å². The van der Waals surface area contributed by atoms with Crippen LogP contribution in [0.25, 0.3) is 0 Å². The molecule has 2 aromatic rings. The van der Waals surface area contributed by atoms with Gasteiger partial charge in [-0.3, -0.25) is 15.0 Å². The molecule has 0 unspecified atom stereocenters. The Bertz CT molecular complexity index is 749. The number of hydrogen-bond donors (Lipinski definition) is 1. The number of amides is 2. The van der Waals surface area contributed by atoms with Crippen molar-refractivity contribution in [2.45, 2.75) is 13.2 Å². The SMILES string of the molecule is O=C1NCc2c(cccc2[N+](=O)[O-])N1CCOCc1ccccc1. The van der Waals surface area contributed by atoms with E-state index in [0.29, 0.717) is 31.0 Å². The largest absolute Gasteiger partial charge is 0.375 e. The second kappa shape index (κ2) is 7.10. The van der Waals surface area contributed by atoms with Gasteiger partial charge in [0.1, 0.15) is 0 Å². The Morgan fingerprint density at radius 1 is 1.17 bits per heavy atom. The summed E-state index contributed by atoms with van der Waals surface area (Å²) >= 11 is 0. The molecule has 24 heavy (non-hydrogen) atoms. The van der Waals surface area contributed by atoms with Crippen molar-refractivity contribution in [1.29, 1.82) is 0 Å². The van der Waals surface area contributed by atoms with Crippen molar-refractivity contribution in [3.05, 3.63) is 69.8 Å². The number of ether oxygens (including phenoxy) is 1. The van der Waals surface area contributed by atoms with E-state index in [1.807, 2.05) is 30.3 Å². The van der Waals surface area contributed by atoms with E-state index in [2.05, 4.69) is 5.32 Å². The van der Waals surface area contributed by atoms with Gasteiger partial charge in [-0.2, -0.15) is 0 Å². The Labute approximate surface area is 139 Å². The second-order valence-corrected chi connectivity index (χ2v) is 5.38. The molecule has 0 aromatic heterocycles. The maximum Gasteiger partial charge on any atom is 0.322 e. The molecule has 2 aromatic carbocycles. The molecule has 0 saturated heterocycles. The van der Waals surface area contributed by atoms with Crippen molar-refractivity contribution in [3.8, 4) is 0 Å². The molecule has 0 atom stereocenters. The first kappa shape index (κ1) is 15.9. The van der Waals surface area contributed by atoms with Gasteiger partial charge < -0.3 is 10.1 Å². The molecule has 7 heteroatoms. The van der Waals surface area contributed by atoms with E-state index in [1.54, 1.807) is 12.1 Å². The van der Waals surface area contributed by atoms with Crippen molar-refractivity contribution in [3.63, 3.8) is 0 Å². The molecular weight excluding hydrogens is 310 g/mol. The van der Waals surface area contributed by atoms with Crippen molar-refractivity contribution < 1.29 is 14.5 Å². The zero-order chi connectivity index (χ0) is 16.9. The standard InChI is InChI=1S/C17H17N3O4/c21-17-18-11-14-15(7-4-8-16(14)20(22)23)19(17)9-10-24-12-13-5-2-1-3-6-13/h1-8H,9-12H2,(H,18,21). The molecule has 2 amide bonds. The highest BCUT2D eigenvalue weighted by atomic mass is 16.6. The Balaban J connectivity index is 1.67. The quantitative estimate of drug-likeness (QED) is 0.502. The highest BCUT2D eigenvalue weighted by molar-refractivity contribution is 5.95. The molecule has 1 aliphatic rings. The van der Waals surface area contributed by atoms with Crippen LogP contribution in [-0.4, -0.2) is 24.1 Å². The van der Waals surface area contributed by atoms with Crippen LogP contribution in [0.2, 0.25) is 0 Å². The number of nitro benzene ring substituents is 1. The number of rotatable bonds is 6. The van der Waals surface area contributed by atoms with Gasteiger partial charge >= 0.3 is 6.03 Å². The molecule has 0 spiro atoms. The third kappa shape index (κ3) is 3.36. The second-order valence-electron chi connectivity index (χ2n) is 5.38. The number of nitrogens with one attached hydrogen (secondary N) is 1. The van der Waals surface area contributed by atoms with Gasteiger partial charge in [0.2, 0.25) is 0 Å². The van der Waals surface area contributed by atoms with Gasteiger partial charge in [-0.1, -0.05) is 36.4 Å². The molecule has 1 heterocycles. The summed E-state index contributed by atoms with van der Waals surface area (Å²) in [6, 6.07) is 14.2. The number of urea groups is 1. The third-order valence-electron chi connectivity index (χ3n) is 3.85. The minimum absolute atomic E-state index is 0.0164. The van der Waals surface area contributed by atoms with Gasteiger partial charge in [-0.05, 0) is 11.6 Å². The third-order valence-corrected chi connectivity index (χ3v) is 3.85. The molecule has 1 N–H and O–H groups in total. The lowest BCUT2D eigenvalue weighted by molar-refractivity contribution is -0.385. The van der Waals surface area contributed by atoms with Gasteiger partial charge in [-0.25, -0.2) is 4.79 Å². The van der Waals surface area contributed by atoms with Gasteiger partial charge in [0.05, 0.1) is 42.5 Å². The highest BCUT2D eigenvalue weighted by Gasteiger charge is 2.28. The number of benzene rings is 2. The Hall–Kier alpha value is -2.93. The molecule has 7 nitrogen and oxygen atoms in total. The van der Waals surface area contributed by atoms with Crippen LogP contribution in [-0.2, 0) is 17.9 Å². The van der Waals surface area contributed by atoms with Gasteiger partial charge in [-0.15, -0.1) is 0 Å². The summed E-state index contributed by atoms with van der Waals surface area (Å²) in [5, 5.41) is 13.8. The fraction of sp³-hybridized carbons (Fsp3) is 0.235. The van der Waals surface area contributed by atoms with Crippen LogP contribution in [0.15, 0.2) is 48.5 Å². The lowest BCUT2D eigenvalue weighted by Crippen LogP contribution is -2.45. The summed E-state index contributed by atoms with van der Waals surface area (Å²) in [5.41, 5.74) is 2.15. The first-order valence-electron chi connectivity index (χ1n) is 7.60. The fourth-order valence-electron chi connectivity index (χ4n) is 2.68. The number of fused-ring (bicyclic) bond motifs is 1. The smallest absolute Gasteiger partial charge is 0.322 e. The number of hydrogen-bond acceptors (Lipinski definition) is 4. The average Bonchev–Trinajstić information content (AvgIpc) is 2.60. The zero-order valence-corrected chi connectivity index (χ0v) is 13.0. The minimum atomic E-state index is -0.430. The van der Waals surface area contributed by atoms with E-state index in [1.165, 1.54) is 11.0 Å². The van der Waals surface area contributed by atoms with Crippen molar-refractivity contribution in [1.82, 2.24) is 5.32 Å². The molecule has 0 radical (unpaired) electrons. The van der Waals surface area contributed by atoms with E-state index in [0.717, 1.165) is 5.56 Å². The van der Waals surface area contributed by atoms with E-state index in [4.69, 9.17) is 4.74 Å². The number of anilines is 1. The van der Waals surface area contributed by atoms with Gasteiger partial charge in [0.15, 0.2) is 0 Å². The number of nitrogens with zero attached hydrogens (tertiary/aromatic N) is 2. The van der Waals surface area contributed by atoms with Crippen LogP contribution in [0.4, 0.5) is 16.2 Å². The fourth-order valence-corrected chi connectivity index (χ4v) is 2.68. The minimum Gasteiger partial charge on any atom is -0.375 e. The molecule has 0 aliphatic carbocycles. The van der Waals surface area contributed by atoms with E-state index < -0.39 is 4.92 Å².